The average Bonchev–Trinajstić information content (AvgIpc) is 3.15. The number of rotatable bonds is 5. The van der Waals surface area contributed by atoms with Gasteiger partial charge in [-0.25, -0.2) is 4.79 Å². The number of nitrogens with zero attached hydrogens (tertiary/aromatic N) is 2. The third kappa shape index (κ3) is 5.97. The van der Waals surface area contributed by atoms with Crippen molar-refractivity contribution in [3.63, 3.8) is 0 Å². The SMILES string of the molecule is N#Cc1c(NC(=O)/C=C/c2cccnc2)sc2c1CCC(OC(=O)N[C@H]1CC[C@@H](O)CC1)C2. The highest BCUT2D eigenvalue weighted by molar-refractivity contribution is 7.16. The summed E-state index contributed by atoms with van der Waals surface area (Å²) in [6.07, 6.45) is 10.1. The van der Waals surface area contributed by atoms with Crippen LogP contribution in [0.1, 0.15) is 53.7 Å². The minimum absolute atomic E-state index is 0.0357. The van der Waals surface area contributed by atoms with E-state index in [9.17, 15) is 20.0 Å². The van der Waals surface area contributed by atoms with E-state index >= 15 is 0 Å². The number of nitriles is 1. The van der Waals surface area contributed by atoms with Gasteiger partial charge in [0.1, 0.15) is 17.2 Å². The van der Waals surface area contributed by atoms with Gasteiger partial charge in [-0.3, -0.25) is 9.78 Å². The summed E-state index contributed by atoms with van der Waals surface area (Å²) in [7, 11) is 0. The van der Waals surface area contributed by atoms with Crippen LogP contribution in [0.25, 0.3) is 6.08 Å². The van der Waals surface area contributed by atoms with Crippen molar-refractivity contribution >= 4 is 34.4 Å². The van der Waals surface area contributed by atoms with Crippen LogP contribution < -0.4 is 10.6 Å². The highest BCUT2D eigenvalue weighted by atomic mass is 32.1. The lowest BCUT2D eigenvalue weighted by Crippen LogP contribution is -2.41. The Bertz CT molecular complexity index is 1070. The van der Waals surface area contributed by atoms with Gasteiger partial charge in [-0.15, -0.1) is 11.3 Å². The summed E-state index contributed by atoms with van der Waals surface area (Å²) >= 11 is 1.36. The number of carbonyl (C=O) groups is 2. The first-order valence-electron chi connectivity index (χ1n) is 11.1. The fraction of sp³-hybridized carbons (Fsp3) is 0.417. The van der Waals surface area contributed by atoms with E-state index in [1.165, 1.54) is 17.4 Å². The molecule has 2 heterocycles. The fourth-order valence-electron chi connectivity index (χ4n) is 4.23. The van der Waals surface area contributed by atoms with Crippen LogP contribution in [0.5, 0.6) is 0 Å². The lowest BCUT2D eigenvalue weighted by Gasteiger charge is -2.28. The Labute approximate surface area is 196 Å². The van der Waals surface area contributed by atoms with Crippen LogP contribution in [0.15, 0.2) is 30.6 Å². The van der Waals surface area contributed by atoms with Gasteiger partial charge in [-0.05, 0) is 61.8 Å². The number of aromatic nitrogens is 1. The summed E-state index contributed by atoms with van der Waals surface area (Å²) < 4.78 is 5.64. The summed E-state index contributed by atoms with van der Waals surface area (Å²) in [5, 5.41) is 25.5. The molecular weight excluding hydrogens is 440 g/mol. The largest absolute Gasteiger partial charge is 0.446 e. The molecule has 1 fully saturated rings. The van der Waals surface area contributed by atoms with E-state index in [1.54, 1.807) is 24.5 Å². The van der Waals surface area contributed by atoms with E-state index in [0.717, 1.165) is 28.8 Å². The fourth-order valence-corrected chi connectivity index (χ4v) is 5.50. The van der Waals surface area contributed by atoms with Crippen LogP contribution >= 0.6 is 11.3 Å². The molecule has 3 N–H and O–H groups in total. The van der Waals surface area contributed by atoms with Gasteiger partial charge in [0.15, 0.2) is 0 Å². The number of aliphatic hydroxyl groups excluding tert-OH is 1. The summed E-state index contributed by atoms with van der Waals surface area (Å²) in [6.45, 7) is 0. The molecule has 9 heteroatoms. The van der Waals surface area contributed by atoms with Crippen LogP contribution in [-0.2, 0) is 22.4 Å². The smallest absolute Gasteiger partial charge is 0.407 e. The maximum atomic E-state index is 12.4. The molecule has 2 aliphatic rings. The molecule has 0 aromatic carbocycles. The molecule has 0 bridgehead atoms. The zero-order valence-corrected chi connectivity index (χ0v) is 18.9. The Hall–Kier alpha value is -3.22. The molecule has 1 unspecified atom stereocenters. The molecule has 0 radical (unpaired) electrons. The molecule has 2 amide bonds. The van der Waals surface area contributed by atoms with Gasteiger partial charge in [0, 0.05) is 35.8 Å². The topological polar surface area (TPSA) is 124 Å². The summed E-state index contributed by atoms with van der Waals surface area (Å²) in [5.74, 6) is -0.321. The van der Waals surface area contributed by atoms with Crippen molar-refractivity contribution in [2.75, 3.05) is 5.32 Å². The quantitative estimate of drug-likeness (QED) is 0.579. The number of aliphatic hydroxyl groups is 1. The van der Waals surface area contributed by atoms with E-state index in [-0.39, 0.29) is 24.2 Å². The standard InChI is InChI=1S/C24H26N4O4S/c25-13-20-19-9-8-18(32-24(31)27-16-4-6-17(29)7-5-16)12-21(19)33-23(20)28-22(30)10-3-15-2-1-11-26-14-15/h1-3,10-11,14,16-18,29H,4-9,12H2,(H,27,31)(H,28,30)/b10-3+/t16-,17+,18?. The molecule has 1 saturated carbocycles. The predicted molar refractivity (Wildman–Crippen MR) is 125 cm³/mol. The molecule has 1 atom stereocenters. The Morgan fingerprint density at radius 3 is 2.82 bits per heavy atom. The number of ether oxygens (including phenoxy) is 1. The highest BCUT2D eigenvalue weighted by Gasteiger charge is 2.29. The number of anilines is 1. The van der Waals surface area contributed by atoms with E-state index in [4.69, 9.17) is 4.74 Å². The molecule has 0 spiro atoms. The molecule has 0 aliphatic heterocycles. The van der Waals surface area contributed by atoms with Gasteiger partial charge < -0.3 is 20.5 Å². The highest BCUT2D eigenvalue weighted by Crippen LogP contribution is 2.38. The number of fused-ring (bicyclic) bond motifs is 1. The number of amides is 2. The number of thiophene rings is 1. The number of carbonyl (C=O) groups excluding carboxylic acids is 2. The molecular formula is C24H26N4O4S. The van der Waals surface area contributed by atoms with Crippen LogP contribution in [0.2, 0.25) is 0 Å². The minimum Gasteiger partial charge on any atom is -0.446 e. The first-order valence-corrected chi connectivity index (χ1v) is 11.9. The molecule has 33 heavy (non-hydrogen) atoms. The number of hydrogen-bond acceptors (Lipinski definition) is 7. The number of nitrogens with one attached hydrogen (secondary N) is 2. The Kier molecular flexibility index (Phi) is 7.37. The third-order valence-corrected chi connectivity index (χ3v) is 7.14. The molecule has 2 aliphatic carbocycles. The summed E-state index contributed by atoms with van der Waals surface area (Å²) in [6, 6.07) is 5.88. The van der Waals surface area contributed by atoms with Crippen molar-refractivity contribution in [3.05, 3.63) is 52.2 Å². The number of pyridine rings is 1. The first kappa shape index (κ1) is 23.0. The van der Waals surface area contributed by atoms with Crippen LogP contribution in [0, 0.1) is 11.3 Å². The van der Waals surface area contributed by atoms with Crippen LogP contribution in [0.3, 0.4) is 0 Å². The Morgan fingerprint density at radius 2 is 2.09 bits per heavy atom. The maximum Gasteiger partial charge on any atom is 0.407 e. The Morgan fingerprint density at radius 1 is 1.27 bits per heavy atom. The van der Waals surface area contributed by atoms with Crippen molar-refractivity contribution < 1.29 is 19.4 Å². The van der Waals surface area contributed by atoms with Crippen molar-refractivity contribution in [2.24, 2.45) is 0 Å². The van der Waals surface area contributed by atoms with E-state index in [0.29, 0.717) is 42.7 Å². The lowest BCUT2D eigenvalue weighted by atomic mass is 9.93. The van der Waals surface area contributed by atoms with Crippen molar-refractivity contribution in [3.8, 4) is 6.07 Å². The minimum atomic E-state index is -0.434. The molecule has 4 rings (SSSR count). The van der Waals surface area contributed by atoms with Gasteiger partial charge in [0.25, 0.3) is 0 Å². The summed E-state index contributed by atoms with van der Waals surface area (Å²) in [5.41, 5.74) is 2.22. The number of hydrogen-bond donors (Lipinski definition) is 3. The number of alkyl carbamates (subject to hydrolysis) is 1. The van der Waals surface area contributed by atoms with Crippen LogP contribution in [-0.4, -0.2) is 40.3 Å². The van der Waals surface area contributed by atoms with E-state index < -0.39 is 6.09 Å². The average molecular weight is 467 g/mol. The first-order chi connectivity index (χ1) is 16.0. The van der Waals surface area contributed by atoms with Crippen LogP contribution in [0.4, 0.5) is 9.80 Å². The monoisotopic (exact) mass is 466 g/mol. The summed E-state index contributed by atoms with van der Waals surface area (Å²) in [4.78, 5) is 29.7. The molecule has 0 saturated heterocycles. The van der Waals surface area contributed by atoms with Gasteiger partial charge in [0.2, 0.25) is 5.91 Å². The van der Waals surface area contributed by atoms with Crippen molar-refractivity contribution in [1.82, 2.24) is 10.3 Å². The molecule has 8 nitrogen and oxygen atoms in total. The maximum absolute atomic E-state index is 12.4. The normalized spacial score (nSPS) is 22.2. The lowest BCUT2D eigenvalue weighted by molar-refractivity contribution is -0.111. The van der Waals surface area contributed by atoms with Crippen molar-refractivity contribution in [1.29, 1.82) is 5.26 Å². The second-order valence-corrected chi connectivity index (χ2v) is 9.45. The van der Waals surface area contributed by atoms with Gasteiger partial charge in [0.05, 0.1) is 11.7 Å². The van der Waals surface area contributed by atoms with E-state index in [1.807, 2.05) is 6.07 Å². The van der Waals surface area contributed by atoms with Gasteiger partial charge in [-0.2, -0.15) is 5.26 Å². The Balaban J connectivity index is 1.35. The second-order valence-electron chi connectivity index (χ2n) is 8.35. The second kappa shape index (κ2) is 10.6. The van der Waals surface area contributed by atoms with Gasteiger partial charge >= 0.3 is 6.09 Å². The third-order valence-electron chi connectivity index (χ3n) is 5.97. The zero-order valence-electron chi connectivity index (χ0n) is 18.1. The zero-order chi connectivity index (χ0) is 23.2. The van der Waals surface area contributed by atoms with Gasteiger partial charge in [-0.1, -0.05) is 6.07 Å². The predicted octanol–water partition coefficient (Wildman–Crippen LogP) is 3.55. The van der Waals surface area contributed by atoms with Crippen molar-refractivity contribution in [2.45, 2.75) is 63.2 Å². The molecule has 172 valence electrons. The molecule has 2 aromatic heterocycles. The van der Waals surface area contributed by atoms with E-state index in [2.05, 4.69) is 21.7 Å². The molecule has 2 aromatic rings.